The van der Waals surface area contributed by atoms with Crippen molar-refractivity contribution in [2.45, 2.75) is 31.7 Å². The van der Waals surface area contributed by atoms with Gasteiger partial charge in [-0.3, -0.25) is 9.69 Å². The number of aliphatic hydroxyl groups excluding tert-OH is 1. The lowest BCUT2D eigenvalue weighted by Gasteiger charge is -2.38. The van der Waals surface area contributed by atoms with Gasteiger partial charge in [-0.25, -0.2) is 8.78 Å². The Balaban J connectivity index is 1.54. The van der Waals surface area contributed by atoms with E-state index in [1.807, 2.05) is 4.90 Å². The molecule has 1 amide bonds. The SMILES string of the molecule is CCC(CO)N1CCN(C(=O)C2CC2c2ccc(F)c(F)c2)CC1. The zero-order valence-corrected chi connectivity index (χ0v) is 13.9. The van der Waals surface area contributed by atoms with E-state index in [0.717, 1.165) is 25.6 Å². The van der Waals surface area contributed by atoms with Gasteiger partial charge in [0, 0.05) is 38.1 Å². The first kappa shape index (κ1) is 17.3. The molecule has 3 atom stereocenters. The van der Waals surface area contributed by atoms with E-state index >= 15 is 0 Å². The summed E-state index contributed by atoms with van der Waals surface area (Å²) in [5, 5.41) is 9.37. The Bertz CT molecular complexity index is 599. The first-order valence-electron chi connectivity index (χ1n) is 8.63. The fourth-order valence-electron chi connectivity index (χ4n) is 3.62. The van der Waals surface area contributed by atoms with Crippen molar-refractivity contribution in [1.82, 2.24) is 9.80 Å². The Morgan fingerprint density at radius 2 is 1.96 bits per heavy atom. The Hall–Kier alpha value is -1.53. The molecule has 1 saturated heterocycles. The molecule has 132 valence electrons. The minimum Gasteiger partial charge on any atom is -0.395 e. The van der Waals surface area contributed by atoms with Crippen LogP contribution in [-0.4, -0.2) is 59.6 Å². The van der Waals surface area contributed by atoms with Gasteiger partial charge in [0.15, 0.2) is 11.6 Å². The van der Waals surface area contributed by atoms with Crippen LogP contribution in [0.3, 0.4) is 0 Å². The van der Waals surface area contributed by atoms with Gasteiger partial charge in [-0.1, -0.05) is 13.0 Å². The molecule has 1 heterocycles. The molecule has 0 bridgehead atoms. The van der Waals surface area contributed by atoms with Crippen LogP contribution in [0.15, 0.2) is 18.2 Å². The van der Waals surface area contributed by atoms with Crippen molar-refractivity contribution in [3.8, 4) is 0 Å². The standard InChI is InChI=1S/C18H24F2N2O2/c1-2-13(11-23)21-5-7-22(8-6-21)18(24)15-10-14(15)12-3-4-16(19)17(20)9-12/h3-4,9,13-15,23H,2,5-8,10-11H2,1H3. The smallest absolute Gasteiger partial charge is 0.226 e. The lowest BCUT2D eigenvalue weighted by molar-refractivity contribution is -0.134. The average molecular weight is 338 g/mol. The van der Waals surface area contributed by atoms with Gasteiger partial charge >= 0.3 is 0 Å². The highest BCUT2D eigenvalue weighted by Gasteiger charge is 2.46. The molecule has 0 radical (unpaired) electrons. The quantitative estimate of drug-likeness (QED) is 0.893. The predicted octanol–water partition coefficient (Wildman–Crippen LogP) is 1.98. The number of benzene rings is 1. The number of piperazine rings is 1. The van der Waals surface area contributed by atoms with E-state index in [1.54, 1.807) is 6.07 Å². The number of aliphatic hydroxyl groups is 1. The third kappa shape index (κ3) is 3.44. The molecule has 3 unspecified atom stereocenters. The second-order valence-electron chi connectivity index (χ2n) is 6.73. The van der Waals surface area contributed by atoms with Crippen molar-refractivity contribution in [1.29, 1.82) is 0 Å². The average Bonchev–Trinajstić information content (AvgIpc) is 3.39. The molecule has 2 fully saturated rings. The van der Waals surface area contributed by atoms with Crippen molar-refractivity contribution in [3.05, 3.63) is 35.4 Å². The molecule has 6 heteroatoms. The monoisotopic (exact) mass is 338 g/mol. The first-order valence-corrected chi connectivity index (χ1v) is 8.63. The van der Waals surface area contributed by atoms with E-state index < -0.39 is 11.6 Å². The van der Waals surface area contributed by atoms with Crippen molar-refractivity contribution in [2.75, 3.05) is 32.8 Å². The number of carbonyl (C=O) groups excluding carboxylic acids is 1. The van der Waals surface area contributed by atoms with E-state index in [-0.39, 0.29) is 30.4 Å². The van der Waals surface area contributed by atoms with Crippen LogP contribution in [0.4, 0.5) is 8.78 Å². The lowest BCUT2D eigenvalue weighted by Crippen LogP contribution is -2.53. The van der Waals surface area contributed by atoms with Crippen molar-refractivity contribution < 1.29 is 18.7 Å². The summed E-state index contributed by atoms with van der Waals surface area (Å²) >= 11 is 0. The van der Waals surface area contributed by atoms with Crippen LogP contribution in [0.2, 0.25) is 0 Å². The van der Waals surface area contributed by atoms with Gasteiger partial charge < -0.3 is 10.0 Å². The summed E-state index contributed by atoms with van der Waals surface area (Å²) in [5.74, 6) is -1.70. The second kappa shape index (κ2) is 7.15. The van der Waals surface area contributed by atoms with Gasteiger partial charge in [-0.05, 0) is 36.5 Å². The highest BCUT2D eigenvalue weighted by molar-refractivity contribution is 5.83. The maximum absolute atomic E-state index is 13.3. The number of carbonyl (C=O) groups is 1. The zero-order chi connectivity index (χ0) is 17.3. The number of amides is 1. The van der Waals surface area contributed by atoms with Crippen LogP contribution in [0.1, 0.15) is 31.2 Å². The molecule has 1 N–H and O–H groups in total. The van der Waals surface area contributed by atoms with Gasteiger partial charge in [0.1, 0.15) is 0 Å². The van der Waals surface area contributed by atoms with Gasteiger partial charge in [-0.15, -0.1) is 0 Å². The summed E-state index contributed by atoms with van der Waals surface area (Å²) in [6.07, 6.45) is 1.60. The van der Waals surface area contributed by atoms with E-state index in [4.69, 9.17) is 0 Å². The van der Waals surface area contributed by atoms with Crippen molar-refractivity contribution >= 4 is 5.91 Å². The van der Waals surface area contributed by atoms with Crippen LogP contribution >= 0.6 is 0 Å². The maximum atomic E-state index is 13.3. The number of halogens is 2. The number of rotatable bonds is 5. The van der Waals surface area contributed by atoms with Gasteiger partial charge in [0.25, 0.3) is 0 Å². The fraction of sp³-hybridized carbons (Fsp3) is 0.611. The van der Waals surface area contributed by atoms with E-state index in [2.05, 4.69) is 11.8 Å². The summed E-state index contributed by atoms with van der Waals surface area (Å²) in [5.41, 5.74) is 0.706. The Labute approximate surface area is 141 Å². The molecule has 4 nitrogen and oxygen atoms in total. The van der Waals surface area contributed by atoms with Gasteiger partial charge in [-0.2, -0.15) is 0 Å². The molecule has 1 aliphatic carbocycles. The molecule has 1 aliphatic heterocycles. The maximum Gasteiger partial charge on any atom is 0.226 e. The minimum absolute atomic E-state index is 0.00598. The summed E-state index contributed by atoms with van der Waals surface area (Å²) in [7, 11) is 0. The fourth-order valence-corrected chi connectivity index (χ4v) is 3.62. The first-order chi connectivity index (χ1) is 11.5. The van der Waals surface area contributed by atoms with E-state index in [0.29, 0.717) is 25.1 Å². The van der Waals surface area contributed by atoms with Gasteiger partial charge in [0.2, 0.25) is 5.91 Å². The summed E-state index contributed by atoms with van der Waals surface area (Å²) in [6, 6.07) is 4.07. The molecular formula is C18H24F2N2O2. The molecule has 1 saturated carbocycles. The van der Waals surface area contributed by atoms with Crippen molar-refractivity contribution in [3.63, 3.8) is 0 Å². The number of nitrogens with zero attached hydrogens (tertiary/aromatic N) is 2. The Kier molecular flexibility index (Phi) is 5.15. The van der Waals surface area contributed by atoms with Gasteiger partial charge in [0.05, 0.1) is 6.61 Å². The Morgan fingerprint density at radius 3 is 2.54 bits per heavy atom. The van der Waals surface area contributed by atoms with E-state index in [9.17, 15) is 18.7 Å². The molecule has 24 heavy (non-hydrogen) atoms. The van der Waals surface area contributed by atoms with Crippen LogP contribution in [0.5, 0.6) is 0 Å². The second-order valence-corrected chi connectivity index (χ2v) is 6.73. The zero-order valence-electron chi connectivity index (χ0n) is 13.9. The van der Waals surface area contributed by atoms with Crippen LogP contribution < -0.4 is 0 Å². The number of hydrogen-bond acceptors (Lipinski definition) is 3. The van der Waals surface area contributed by atoms with E-state index in [1.165, 1.54) is 6.07 Å². The predicted molar refractivity (Wildman–Crippen MR) is 86.5 cm³/mol. The van der Waals surface area contributed by atoms with Crippen LogP contribution in [0.25, 0.3) is 0 Å². The summed E-state index contributed by atoms with van der Waals surface area (Å²) in [6.45, 7) is 5.06. The van der Waals surface area contributed by atoms with Crippen LogP contribution in [0, 0.1) is 17.6 Å². The normalized spacial score (nSPS) is 25.6. The Morgan fingerprint density at radius 1 is 1.25 bits per heavy atom. The third-order valence-electron chi connectivity index (χ3n) is 5.30. The minimum atomic E-state index is -0.854. The molecule has 1 aromatic rings. The molecular weight excluding hydrogens is 314 g/mol. The molecule has 3 rings (SSSR count). The highest BCUT2D eigenvalue weighted by atomic mass is 19.2. The largest absolute Gasteiger partial charge is 0.395 e. The van der Waals surface area contributed by atoms with Crippen molar-refractivity contribution in [2.24, 2.45) is 5.92 Å². The topological polar surface area (TPSA) is 43.8 Å². The highest BCUT2D eigenvalue weighted by Crippen LogP contribution is 2.48. The number of hydrogen-bond donors (Lipinski definition) is 1. The molecule has 0 aromatic heterocycles. The molecule has 2 aliphatic rings. The summed E-state index contributed by atoms with van der Waals surface area (Å²) in [4.78, 5) is 16.7. The molecule has 1 aromatic carbocycles. The van der Waals surface area contributed by atoms with Crippen LogP contribution in [-0.2, 0) is 4.79 Å². The summed E-state index contributed by atoms with van der Waals surface area (Å²) < 4.78 is 26.4. The molecule has 0 spiro atoms. The third-order valence-corrected chi connectivity index (χ3v) is 5.30. The lowest BCUT2D eigenvalue weighted by atomic mass is 10.1.